The quantitative estimate of drug-likeness (QED) is 0.574. The fourth-order valence-corrected chi connectivity index (χ4v) is 0.675. The lowest BCUT2D eigenvalue weighted by molar-refractivity contribution is 0.190. The Hall–Kier alpha value is -0.300. The maximum Gasteiger partial charge on any atom is 0.0720 e. The van der Waals surface area contributed by atoms with Crippen LogP contribution in [0.2, 0.25) is 0 Å². The van der Waals surface area contributed by atoms with E-state index in [4.69, 9.17) is 5.11 Å². The van der Waals surface area contributed by atoms with E-state index in [2.05, 4.69) is 20.4 Å². The number of rotatable bonds is 4. The van der Waals surface area contributed by atoms with Crippen LogP contribution in [-0.2, 0) is 0 Å². The molecule has 0 spiro atoms. The lowest BCUT2D eigenvalue weighted by atomic mass is 10.0. The summed E-state index contributed by atoms with van der Waals surface area (Å²) in [5.41, 5.74) is 0. The molecule has 0 bridgehead atoms. The van der Waals surface area contributed by atoms with Crippen LogP contribution in [0.1, 0.15) is 26.7 Å². The minimum atomic E-state index is -0.306. The van der Waals surface area contributed by atoms with Crippen molar-refractivity contribution in [2.24, 2.45) is 5.92 Å². The summed E-state index contributed by atoms with van der Waals surface area (Å²) in [6, 6.07) is 0. The minimum absolute atomic E-state index is 0.306. The Labute approximate surface area is 57.4 Å². The van der Waals surface area contributed by atoms with Gasteiger partial charge in [-0.1, -0.05) is 26.3 Å². The predicted molar refractivity (Wildman–Crippen MR) is 40.3 cm³/mol. The summed E-state index contributed by atoms with van der Waals surface area (Å²) in [7, 11) is 0. The zero-order chi connectivity index (χ0) is 7.28. The number of hydrogen-bond donors (Lipinski definition) is 1. The van der Waals surface area contributed by atoms with E-state index >= 15 is 0 Å². The van der Waals surface area contributed by atoms with E-state index in [-0.39, 0.29) is 6.10 Å². The monoisotopic (exact) mass is 128 g/mol. The van der Waals surface area contributed by atoms with Crippen molar-refractivity contribution in [2.45, 2.75) is 32.8 Å². The molecule has 0 heterocycles. The number of hydrogen-bond acceptors (Lipinski definition) is 1. The van der Waals surface area contributed by atoms with Gasteiger partial charge in [0.25, 0.3) is 0 Å². The normalized spacial score (nSPS) is 16.8. The summed E-state index contributed by atoms with van der Waals surface area (Å²) >= 11 is 0. The largest absolute Gasteiger partial charge is 0.389 e. The Kier molecular flexibility index (Phi) is 4.41. The first-order valence-corrected chi connectivity index (χ1v) is 3.51. The van der Waals surface area contributed by atoms with E-state index in [9.17, 15) is 0 Å². The molecule has 0 aromatic carbocycles. The van der Waals surface area contributed by atoms with Crippen LogP contribution in [0.25, 0.3) is 0 Å². The van der Waals surface area contributed by atoms with Crippen molar-refractivity contribution in [3.05, 3.63) is 12.7 Å². The Morgan fingerprint density at radius 2 is 2.22 bits per heavy atom. The van der Waals surface area contributed by atoms with E-state index in [0.29, 0.717) is 5.92 Å². The summed E-state index contributed by atoms with van der Waals surface area (Å²) < 4.78 is 0. The molecular weight excluding hydrogens is 112 g/mol. The SMILES string of the molecule is C=C[C@@H](O)C[C@@H](C)CC. The van der Waals surface area contributed by atoms with Crippen LogP contribution in [0.4, 0.5) is 0 Å². The highest BCUT2D eigenvalue weighted by atomic mass is 16.3. The van der Waals surface area contributed by atoms with Crippen LogP contribution in [0.5, 0.6) is 0 Å². The molecule has 0 unspecified atom stereocenters. The molecule has 0 amide bonds. The minimum Gasteiger partial charge on any atom is -0.389 e. The van der Waals surface area contributed by atoms with Gasteiger partial charge in [0.2, 0.25) is 0 Å². The van der Waals surface area contributed by atoms with E-state index in [1.165, 1.54) is 0 Å². The van der Waals surface area contributed by atoms with Crippen molar-refractivity contribution >= 4 is 0 Å². The van der Waals surface area contributed by atoms with Gasteiger partial charge in [0.05, 0.1) is 6.10 Å². The molecule has 1 N–H and O–H groups in total. The lowest BCUT2D eigenvalue weighted by Crippen LogP contribution is -2.07. The van der Waals surface area contributed by atoms with Gasteiger partial charge in [-0.2, -0.15) is 0 Å². The van der Waals surface area contributed by atoms with Crippen LogP contribution in [0.15, 0.2) is 12.7 Å². The summed E-state index contributed by atoms with van der Waals surface area (Å²) in [4.78, 5) is 0. The summed E-state index contributed by atoms with van der Waals surface area (Å²) in [6.07, 6.45) is 3.26. The van der Waals surface area contributed by atoms with Gasteiger partial charge in [0.1, 0.15) is 0 Å². The van der Waals surface area contributed by atoms with E-state index in [1.807, 2.05) is 0 Å². The summed E-state index contributed by atoms with van der Waals surface area (Å²) in [5, 5.41) is 9.04. The smallest absolute Gasteiger partial charge is 0.0720 e. The predicted octanol–water partition coefficient (Wildman–Crippen LogP) is 1.97. The van der Waals surface area contributed by atoms with Crippen molar-refractivity contribution in [1.29, 1.82) is 0 Å². The van der Waals surface area contributed by atoms with Crippen molar-refractivity contribution in [1.82, 2.24) is 0 Å². The third-order valence-electron chi connectivity index (χ3n) is 1.61. The van der Waals surface area contributed by atoms with Gasteiger partial charge in [-0.3, -0.25) is 0 Å². The average molecular weight is 128 g/mol. The van der Waals surface area contributed by atoms with Crippen molar-refractivity contribution < 1.29 is 5.11 Å². The van der Waals surface area contributed by atoms with Gasteiger partial charge in [-0.25, -0.2) is 0 Å². The zero-order valence-electron chi connectivity index (χ0n) is 6.30. The summed E-state index contributed by atoms with van der Waals surface area (Å²) in [6.45, 7) is 7.76. The highest BCUT2D eigenvalue weighted by molar-refractivity contribution is 4.78. The van der Waals surface area contributed by atoms with E-state index in [0.717, 1.165) is 12.8 Å². The van der Waals surface area contributed by atoms with Crippen LogP contribution in [0, 0.1) is 5.92 Å². The molecule has 0 saturated heterocycles. The first-order chi connectivity index (χ1) is 4.20. The van der Waals surface area contributed by atoms with Gasteiger partial charge in [-0.15, -0.1) is 6.58 Å². The standard InChI is InChI=1S/C8H16O/c1-4-7(3)6-8(9)5-2/h5,7-9H,2,4,6H2,1,3H3/t7-,8+/m0/s1. The molecule has 2 atom stereocenters. The summed E-state index contributed by atoms with van der Waals surface area (Å²) in [5.74, 6) is 0.609. The molecular formula is C8H16O. The first kappa shape index (κ1) is 8.70. The van der Waals surface area contributed by atoms with Gasteiger partial charge in [0, 0.05) is 0 Å². The second-order valence-electron chi connectivity index (χ2n) is 2.55. The molecule has 0 aromatic rings. The maximum atomic E-state index is 9.04. The zero-order valence-corrected chi connectivity index (χ0v) is 6.30. The lowest BCUT2D eigenvalue weighted by Gasteiger charge is -2.09. The number of aliphatic hydroxyl groups excluding tert-OH is 1. The highest BCUT2D eigenvalue weighted by Gasteiger charge is 2.03. The van der Waals surface area contributed by atoms with Gasteiger partial charge in [-0.05, 0) is 12.3 Å². The van der Waals surface area contributed by atoms with E-state index in [1.54, 1.807) is 6.08 Å². The molecule has 1 heteroatoms. The van der Waals surface area contributed by atoms with E-state index < -0.39 is 0 Å². The fourth-order valence-electron chi connectivity index (χ4n) is 0.675. The first-order valence-electron chi connectivity index (χ1n) is 3.51. The molecule has 0 saturated carbocycles. The van der Waals surface area contributed by atoms with Crippen LogP contribution >= 0.6 is 0 Å². The second-order valence-corrected chi connectivity index (χ2v) is 2.55. The molecule has 0 rings (SSSR count). The molecule has 0 fully saturated rings. The van der Waals surface area contributed by atoms with Crippen LogP contribution < -0.4 is 0 Å². The molecule has 9 heavy (non-hydrogen) atoms. The van der Waals surface area contributed by atoms with Crippen molar-refractivity contribution in [3.63, 3.8) is 0 Å². The third kappa shape index (κ3) is 4.22. The van der Waals surface area contributed by atoms with Crippen molar-refractivity contribution in [3.8, 4) is 0 Å². The van der Waals surface area contributed by atoms with Crippen molar-refractivity contribution in [2.75, 3.05) is 0 Å². The molecule has 0 aliphatic carbocycles. The van der Waals surface area contributed by atoms with Crippen LogP contribution in [-0.4, -0.2) is 11.2 Å². The second kappa shape index (κ2) is 4.57. The fraction of sp³-hybridized carbons (Fsp3) is 0.750. The Bertz CT molecular complexity index is 78.6. The van der Waals surface area contributed by atoms with Crippen LogP contribution in [0.3, 0.4) is 0 Å². The molecule has 0 aliphatic rings. The molecule has 0 aromatic heterocycles. The third-order valence-corrected chi connectivity index (χ3v) is 1.61. The molecule has 0 aliphatic heterocycles. The maximum absolute atomic E-state index is 9.04. The molecule has 54 valence electrons. The van der Waals surface area contributed by atoms with Gasteiger partial charge >= 0.3 is 0 Å². The van der Waals surface area contributed by atoms with Gasteiger partial charge in [0.15, 0.2) is 0 Å². The Balaban J connectivity index is 3.33. The average Bonchev–Trinajstić information content (AvgIpc) is 1.87. The topological polar surface area (TPSA) is 20.2 Å². The molecule has 0 radical (unpaired) electrons. The molecule has 1 nitrogen and oxygen atoms in total. The van der Waals surface area contributed by atoms with Gasteiger partial charge < -0.3 is 5.11 Å². The Morgan fingerprint density at radius 3 is 2.56 bits per heavy atom. The number of aliphatic hydroxyl groups is 1. The highest BCUT2D eigenvalue weighted by Crippen LogP contribution is 2.09. The Morgan fingerprint density at radius 1 is 1.67 bits per heavy atom.